The van der Waals surface area contributed by atoms with Crippen LogP contribution >= 0.6 is 22.9 Å². The van der Waals surface area contributed by atoms with E-state index in [4.69, 9.17) is 21.1 Å². The number of hydrogen-bond acceptors (Lipinski definition) is 7. The first-order chi connectivity index (χ1) is 15.0. The SMILES string of the molecule is C=CCOC(=O)N1CCN(C(=O)OCC=C)C(c2cc(NCc3ccc(Cl)s3)[nH]n2)C1. The smallest absolute Gasteiger partial charge is 0.410 e. The van der Waals surface area contributed by atoms with Crippen LogP contribution in [0.5, 0.6) is 0 Å². The molecule has 2 amide bonds. The van der Waals surface area contributed by atoms with Gasteiger partial charge < -0.3 is 19.7 Å². The molecule has 2 aromatic rings. The lowest BCUT2D eigenvalue weighted by Gasteiger charge is -2.39. The minimum atomic E-state index is -0.495. The molecule has 1 aliphatic rings. The molecule has 2 aromatic heterocycles. The molecule has 1 fully saturated rings. The van der Waals surface area contributed by atoms with Crippen LogP contribution in [0.1, 0.15) is 16.6 Å². The van der Waals surface area contributed by atoms with Crippen molar-refractivity contribution in [1.82, 2.24) is 20.0 Å². The van der Waals surface area contributed by atoms with Gasteiger partial charge in [-0.05, 0) is 12.1 Å². The van der Waals surface area contributed by atoms with Gasteiger partial charge in [-0.25, -0.2) is 9.59 Å². The summed E-state index contributed by atoms with van der Waals surface area (Å²) in [7, 11) is 0. The Kier molecular flexibility index (Phi) is 7.96. The Morgan fingerprint density at radius 2 is 2.00 bits per heavy atom. The average Bonchev–Trinajstić information content (AvgIpc) is 3.42. The van der Waals surface area contributed by atoms with Crippen molar-refractivity contribution in [1.29, 1.82) is 0 Å². The maximum Gasteiger partial charge on any atom is 0.410 e. The number of halogens is 1. The second-order valence-electron chi connectivity index (χ2n) is 6.65. The molecule has 1 saturated heterocycles. The van der Waals surface area contributed by atoms with Gasteiger partial charge in [0.05, 0.1) is 29.2 Å². The number of nitrogens with zero attached hydrogens (tertiary/aromatic N) is 3. The summed E-state index contributed by atoms with van der Waals surface area (Å²) in [5.74, 6) is 0.685. The summed E-state index contributed by atoms with van der Waals surface area (Å²) < 4.78 is 11.1. The number of ether oxygens (including phenoxy) is 2. The lowest BCUT2D eigenvalue weighted by atomic mass is 10.1. The van der Waals surface area contributed by atoms with E-state index in [0.29, 0.717) is 24.6 Å². The van der Waals surface area contributed by atoms with Crippen LogP contribution in [-0.4, -0.2) is 65.0 Å². The van der Waals surface area contributed by atoms with Crippen molar-refractivity contribution in [3.05, 3.63) is 58.4 Å². The lowest BCUT2D eigenvalue weighted by Crippen LogP contribution is -2.52. The molecule has 0 radical (unpaired) electrons. The monoisotopic (exact) mass is 465 g/mol. The molecule has 0 aromatic carbocycles. The molecule has 1 aliphatic heterocycles. The van der Waals surface area contributed by atoms with E-state index >= 15 is 0 Å². The molecule has 11 heteroatoms. The first-order valence-electron chi connectivity index (χ1n) is 9.62. The zero-order valence-corrected chi connectivity index (χ0v) is 18.5. The van der Waals surface area contributed by atoms with Crippen LogP contribution in [0.3, 0.4) is 0 Å². The zero-order valence-electron chi connectivity index (χ0n) is 16.9. The standard InChI is InChI=1S/C20H24ClN5O4S/c1-3-9-29-19(27)25-7-8-26(20(28)30-10-4-2)16(13-25)15-11-18(24-23-15)22-12-14-5-6-17(21)31-14/h3-6,11,16H,1-2,7-10,12-13H2,(H2,22,23,24). The Bertz CT molecular complexity index is 930. The first-order valence-corrected chi connectivity index (χ1v) is 10.8. The summed E-state index contributed by atoms with van der Waals surface area (Å²) in [4.78, 5) is 29.0. The van der Waals surface area contributed by atoms with Crippen molar-refractivity contribution >= 4 is 40.9 Å². The minimum Gasteiger partial charge on any atom is -0.445 e. The Balaban J connectivity index is 1.72. The summed E-state index contributed by atoms with van der Waals surface area (Å²) in [5, 5.41) is 10.5. The number of aromatic amines is 1. The molecule has 1 unspecified atom stereocenters. The van der Waals surface area contributed by atoms with E-state index in [1.165, 1.54) is 23.5 Å². The fraction of sp³-hybridized carbons (Fsp3) is 0.350. The minimum absolute atomic E-state index is 0.101. The van der Waals surface area contributed by atoms with Crippen molar-refractivity contribution < 1.29 is 19.1 Å². The van der Waals surface area contributed by atoms with Gasteiger partial charge in [-0.1, -0.05) is 36.9 Å². The van der Waals surface area contributed by atoms with Gasteiger partial charge in [-0.15, -0.1) is 11.3 Å². The van der Waals surface area contributed by atoms with Crippen LogP contribution in [0.4, 0.5) is 15.4 Å². The van der Waals surface area contributed by atoms with Crippen molar-refractivity contribution in [3.63, 3.8) is 0 Å². The van der Waals surface area contributed by atoms with E-state index in [-0.39, 0.29) is 26.3 Å². The van der Waals surface area contributed by atoms with E-state index in [2.05, 4.69) is 28.7 Å². The topological polar surface area (TPSA) is 99.8 Å². The van der Waals surface area contributed by atoms with Crippen LogP contribution < -0.4 is 5.32 Å². The number of H-pyrrole nitrogens is 1. The Morgan fingerprint density at radius 1 is 1.26 bits per heavy atom. The highest BCUT2D eigenvalue weighted by Crippen LogP contribution is 2.27. The fourth-order valence-electron chi connectivity index (χ4n) is 3.08. The molecule has 3 rings (SSSR count). The Morgan fingerprint density at radius 3 is 2.68 bits per heavy atom. The number of thiophene rings is 1. The molecular weight excluding hydrogens is 442 g/mol. The quantitative estimate of drug-likeness (QED) is 0.571. The third-order valence-electron chi connectivity index (χ3n) is 4.54. The molecular formula is C20H24ClN5O4S. The first kappa shape index (κ1) is 22.7. The summed E-state index contributed by atoms with van der Waals surface area (Å²) in [5.41, 5.74) is 0.600. The number of hydrogen-bond donors (Lipinski definition) is 2. The van der Waals surface area contributed by atoms with E-state index in [1.807, 2.05) is 18.2 Å². The molecule has 3 heterocycles. The van der Waals surface area contributed by atoms with Crippen LogP contribution in [0.15, 0.2) is 43.5 Å². The summed E-state index contributed by atoms with van der Waals surface area (Å²) >= 11 is 7.46. The molecule has 166 valence electrons. The molecule has 0 spiro atoms. The van der Waals surface area contributed by atoms with E-state index < -0.39 is 18.2 Å². The van der Waals surface area contributed by atoms with Crippen LogP contribution in [0, 0.1) is 0 Å². The molecule has 31 heavy (non-hydrogen) atoms. The van der Waals surface area contributed by atoms with E-state index in [1.54, 1.807) is 9.80 Å². The predicted octanol–water partition coefficient (Wildman–Crippen LogP) is 4.04. The normalized spacial score (nSPS) is 16.0. The number of aromatic nitrogens is 2. The number of carbonyl (C=O) groups excluding carboxylic acids is 2. The largest absolute Gasteiger partial charge is 0.445 e. The summed E-state index contributed by atoms with van der Waals surface area (Å²) in [6.07, 6.45) is 2.05. The Labute approximate surface area is 189 Å². The van der Waals surface area contributed by atoms with Gasteiger partial charge >= 0.3 is 12.2 Å². The average molecular weight is 466 g/mol. The molecule has 0 aliphatic carbocycles. The van der Waals surface area contributed by atoms with Crippen molar-refractivity contribution in [2.45, 2.75) is 12.6 Å². The van der Waals surface area contributed by atoms with Crippen LogP contribution in [-0.2, 0) is 16.0 Å². The second-order valence-corrected chi connectivity index (χ2v) is 8.45. The number of piperazine rings is 1. The highest BCUT2D eigenvalue weighted by atomic mass is 35.5. The fourth-order valence-corrected chi connectivity index (χ4v) is 4.11. The zero-order chi connectivity index (χ0) is 22.2. The van der Waals surface area contributed by atoms with E-state index in [0.717, 1.165) is 9.21 Å². The van der Waals surface area contributed by atoms with Gasteiger partial charge in [-0.2, -0.15) is 5.10 Å². The van der Waals surface area contributed by atoms with Crippen LogP contribution in [0.2, 0.25) is 4.34 Å². The number of carbonyl (C=O) groups is 2. The summed E-state index contributed by atoms with van der Waals surface area (Å²) in [6, 6.07) is 5.11. The predicted molar refractivity (Wildman–Crippen MR) is 119 cm³/mol. The van der Waals surface area contributed by atoms with Gasteiger partial charge in [0.15, 0.2) is 0 Å². The van der Waals surface area contributed by atoms with Crippen molar-refractivity contribution in [3.8, 4) is 0 Å². The lowest BCUT2D eigenvalue weighted by molar-refractivity contribution is 0.0413. The third kappa shape index (κ3) is 6.02. The second kappa shape index (κ2) is 10.9. The molecule has 9 nitrogen and oxygen atoms in total. The Hall–Kier alpha value is -2.98. The number of nitrogens with one attached hydrogen (secondary N) is 2. The maximum atomic E-state index is 12.6. The van der Waals surface area contributed by atoms with Crippen LogP contribution in [0.25, 0.3) is 0 Å². The van der Waals surface area contributed by atoms with E-state index in [9.17, 15) is 9.59 Å². The van der Waals surface area contributed by atoms with Gasteiger partial charge in [0.25, 0.3) is 0 Å². The maximum absolute atomic E-state index is 12.6. The molecule has 2 N–H and O–H groups in total. The van der Waals surface area contributed by atoms with Gasteiger partial charge in [-0.3, -0.25) is 10.00 Å². The number of anilines is 1. The van der Waals surface area contributed by atoms with Gasteiger partial charge in [0, 0.05) is 24.0 Å². The highest BCUT2D eigenvalue weighted by molar-refractivity contribution is 7.16. The molecule has 0 saturated carbocycles. The van der Waals surface area contributed by atoms with Gasteiger partial charge in [0.1, 0.15) is 19.0 Å². The number of amides is 2. The van der Waals surface area contributed by atoms with Crippen molar-refractivity contribution in [2.24, 2.45) is 0 Å². The molecule has 0 bridgehead atoms. The highest BCUT2D eigenvalue weighted by Gasteiger charge is 2.36. The van der Waals surface area contributed by atoms with Gasteiger partial charge in [0.2, 0.25) is 0 Å². The molecule has 1 atom stereocenters. The third-order valence-corrected chi connectivity index (χ3v) is 5.77. The summed E-state index contributed by atoms with van der Waals surface area (Å²) in [6.45, 7) is 8.74. The number of rotatable bonds is 8. The van der Waals surface area contributed by atoms with Crippen molar-refractivity contribution in [2.75, 3.05) is 38.2 Å².